The lowest BCUT2D eigenvalue weighted by molar-refractivity contribution is -0.113. The monoisotopic (exact) mass is 447 g/mol. The number of fused-ring (bicyclic) bond motifs is 1. The molecular formula is C21H22ClN3O4S. The Morgan fingerprint density at radius 1 is 1.20 bits per heavy atom. The SMILES string of the molecule is CCCn1c(SCC(=O)Nc2cc(OC)ccc2OC)nc2cc(Cl)ccc2c1=O. The lowest BCUT2D eigenvalue weighted by atomic mass is 10.2. The summed E-state index contributed by atoms with van der Waals surface area (Å²) in [7, 11) is 3.08. The van der Waals surface area contributed by atoms with Crippen LogP contribution in [0.15, 0.2) is 46.3 Å². The van der Waals surface area contributed by atoms with Crippen LogP contribution in [0.5, 0.6) is 11.5 Å². The molecule has 0 saturated carbocycles. The highest BCUT2D eigenvalue weighted by molar-refractivity contribution is 7.99. The van der Waals surface area contributed by atoms with Crippen LogP contribution in [-0.4, -0.2) is 35.4 Å². The first-order chi connectivity index (χ1) is 14.5. The number of nitrogens with zero attached hydrogens (tertiary/aromatic N) is 2. The minimum atomic E-state index is -0.255. The standard InChI is InChI=1S/C21H22ClN3O4S/c1-4-9-25-20(27)15-7-5-13(22)10-16(15)24-21(25)30-12-19(26)23-17-11-14(28-2)6-8-18(17)29-3/h5-8,10-11H,4,9,12H2,1-3H3,(H,23,26). The van der Waals surface area contributed by atoms with Crippen LogP contribution in [0.4, 0.5) is 5.69 Å². The van der Waals surface area contributed by atoms with Crippen LogP contribution in [-0.2, 0) is 11.3 Å². The molecule has 0 fully saturated rings. The van der Waals surface area contributed by atoms with Gasteiger partial charge in [0.2, 0.25) is 5.91 Å². The Balaban J connectivity index is 1.83. The van der Waals surface area contributed by atoms with Crippen LogP contribution in [0.2, 0.25) is 5.02 Å². The highest BCUT2D eigenvalue weighted by Gasteiger charge is 2.15. The summed E-state index contributed by atoms with van der Waals surface area (Å²) < 4.78 is 12.1. The second-order valence-corrected chi connectivity index (χ2v) is 7.79. The van der Waals surface area contributed by atoms with Gasteiger partial charge < -0.3 is 14.8 Å². The molecule has 0 unspecified atom stereocenters. The fourth-order valence-electron chi connectivity index (χ4n) is 2.93. The van der Waals surface area contributed by atoms with E-state index in [4.69, 9.17) is 21.1 Å². The summed E-state index contributed by atoms with van der Waals surface area (Å²) >= 11 is 7.25. The van der Waals surface area contributed by atoms with Crippen LogP contribution in [0.25, 0.3) is 10.9 Å². The molecule has 0 atom stereocenters. The smallest absolute Gasteiger partial charge is 0.262 e. The Bertz CT molecular complexity index is 1130. The van der Waals surface area contributed by atoms with Gasteiger partial charge >= 0.3 is 0 Å². The number of hydrogen-bond donors (Lipinski definition) is 1. The number of methoxy groups -OCH3 is 2. The zero-order valence-corrected chi connectivity index (χ0v) is 18.5. The lowest BCUT2D eigenvalue weighted by Crippen LogP contribution is -2.24. The number of ether oxygens (including phenoxy) is 2. The van der Waals surface area contributed by atoms with Gasteiger partial charge in [0.1, 0.15) is 11.5 Å². The van der Waals surface area contributed by atoms with Gasteiger partial charge in [-0.15, -0.1) is 0 Å². The molecule has 0 spiro atoms. The van der Waals surface area contributed by atoms with Crippen molar-refractivity contribution in [2.75, 3.05) is 25.3 Å². The number of carbonyl (C=O) groups excluding carboxylic acids is 1. The number of thioether (sulfide) groups is 1. The lowest BCUT2D eigenvalue weighted by Gasteiger charge is -2.13. The van der Waals surface area contributed by atoms with Crippen molar-refractivity contribution in [2.24, 2.45) is 0 Å². The van der Waals surface area contributed by atoms with Gasteiger partial charge in [-0.3, -0.25) is 14.2 Å². The molecule has 3 rings (SSSR count). The summed E-state index contributed by atoms with van der Waals surface area (Å²) in [5, 5.41) is 4.30. The summed E-state index contributed by atoms with van der Waals surface area (Å²) in [5.41, 5.74) is 0.875. The van der Waals surface area contributed by atoms with E-state index in [0.717, 1.165) is 6.42 Å². The van der Waals surface area contributed by atoms with Gasteiger partial charge in [0.25, 0.3) is 5.56 Å². The molecule has 1 heterocycles. The van der Waals surface area contributed by atoms with E-state index in [9.17, 15) is 9.59 Å². The van der Waals surface area contributed by atoms with Crippen molar-refractivity contribution in [3.63, 3.8) is 0 Å². The summed E-state index contributed by atoms with van der Waals surface area (Å²) in [5.74, 6) is 0.942. The van der Waals surface area contributed by atoms with Crippen LogP contribution in [0.3, 0.4) is 0 Å². The van der Waals surface area contributed by atoms with Crippen LogP contribution in [0.1, 0.15) is 13.3 Å². The van der Waals surface area contributed by atoms with E-state index in [0.29, 0.717) is 44.8 Å². The Morgan fingerprint density at radius 2 is 2.00 bits per heavy atom. The highest BCUT2D eigenvalue weighted by Crippen LogP contribution is 2.29. The van der Waals surface area contributed by atoms with Gasteiger partial charge in [0.15, 0.2) is 5.16 Å². The molecule has 3 aromatic rings. The average molecular weight is 448 g/mol. The molecule has 158 valence electrons. The van der Waals surface area contributed by atoms with E-state index in [1.807, 2.05) is 6.92 Å². The molecule has 0 aliphatic heterocycles. The maximum absolute atomic E-state index is 12.9. The number of aromatic nitrogens is 2. The van der Waals surface area contributed by atoms with E-state index in [-0.39, 0.29) is 17.2 Å². The number of rotatable bonds is 8. The molecule has 1 aromatic heterocycles. The molecule has 0 bridgehead atoms. The van der Waals surface area contributed by atoms with E-state index in [1.54, 1.807) is 48.1 Å². The molecular weight excluding hydrogens is 426 g/mol. The first kappa shape index (κ1) is 22.0. The molecule has 1 N–H and O–H groups in total. The zero-order valence-electron chi connectivity index (χ0n) is 16.9. The Kier molecular flexibility index (Phi) is 7.23. The highest BCUT2D eigenvalue weighted by atomic mass is 35.5. The largest absolute Gasteiger partial charge is 0.497 e. The van der Waals surface area contributed by atoms with Crippen molar-refractivity contribution in [1.82, 2.24) is 9.55 Å². The molecule has 2 aromatic carbocycles. The van der Waals surface area contributed by atoms with Crippen LogP contribution >= 0.6 is 23.4 Å². The average Bonchev–Trinajstić information content (AvgIpc) is 2.74. The topological polar surface area (TPSA) is 82.5 Å². The van der Waals surface area contributed by atoms with E-state index in [1.165, 1.54) is 18.9 Å². The van der Waals surface area contributed by atoms with E-state index in [2.05, 4.69) is 10.3 Å². The van der Waals surface area contributed by atoms with E-state index >= 15 is 0 Å². The number of nitrogens with one attached hydrogen (secondary N) is 1. The van der Waals surface area contributed by atoms with Gasteiger partial charge in [0, 0.05) is 17.6 Å². The van der Waals surface area contributed by atoms with Crippen molar-refractivity contribution < 1.29 is 14.3 Å². The molecule has 7 nitrogen and oxygen atoms in total. The second-order valence-electron chi connectivity index (χ2n) is 6.42. The maximum Gasteiger partial charge on any atom is 0.262 e. The minimum absolute atomic E-state index is 0.0720. The Morgan fingerprint density at radius 3 is 2.70 bits per heavy atom. The molecule has 0 aliphatic carbocycles. The number of benzene rings is 2. The third kappa shape index (κ3) is 4.88. The van der Waals surface area contributed by atoms with Crippen molar-refractivity contribution in [1.29, 1.82) is 0 Å². The fraction of sp³-hybridized carbons (Fsp3) is 0.286. The van der Waals surface area contributed by atoms with Crippen molar-refractivity contribution in [3.05, 3.63) is 51.8 Å². The number of hydrogen-bond acceptors (Lipinski definition) is 6. The number of anilines is 1. The molecule has 0 aliphatic rings. The molecule has 1 amide bonds. The summed E-state index contributed by atoms with van der Waals surface area (Å²) in [6, 6.07) is 10.1. The third-order valence-electron chi connectivity index (χ3n) is 4.34. The first-order valence-electron chi connectivity index (χ1n) is 9.31. The molecule has 9 heteroatoms. The van der Waals surface area contributed by atoms with Crippen molar-refractivity contribution in [2.45, 2.75) is 25.0 Å². The van der Waals surface area contributed by atoms with Gasteiger partial charge in [-0.1, -0.05) is 30.3 Å². The summed E-state index contributed by atoms with van der Waals surface area (Å²) in [6.45, 7) is 2.49. The minimum Gasteiger partial charge on any atom is -0.497 e. The predicted octanol–water partition coefficient (Wildman–Crippen LogP) is 4.21. The Hall–Kier alpha value is -2.71. The van der Waals surface area contributed by atoms with Gasteiger partial charge in [-0.25, -0.2) is 4.98 Å². The van der Waals surface area contributed by atoms with Gasteiger partial charge in [0.05, 0.1) is 36.6 Å². The Labute approximate surface area is 183 Å². The first-order valence-corrected chi connectivity index (χ1v) is 10.7. The molecule has 30 heavy (non-hydrogen) atoms. The summed E-state index contributed by atoms with van der Waals surface area (Å²) in [6.07, 6.45) is 0.765. The van der Waals surface area contributed by atoms with Crippen molar-refractivity contribution in [3.8, 4) is 11.5 Å². The van der Waals surface area contributed by atoms with E-state index < -0.39 is 0 Å². The number of carbonyl (C=O) groups is 1. The third-order valence-corrected chi connectivity index (χ3v) is 5.55. The quantitative estimate of drug-likeness (QED) is 0.411. The van der Waals surface area contributed by atoms with Crippen LogP contribution < -0.4 is 20.3 Å². The molecule has 0 saturated heterocycles. The normalized spacial score (nSPS) is 10.8. The summed E-state index contributed by atoms with van der Waals surface area (Å²) in [4.78, 5) is 30.0. The van der Waals surface area contributed by atoms with Gasteiger partial charge in [-0.2, -0.15) is 0 Å². The fourth-order valence-corrected chi connectivity index (χ4v) is 3.92. The number of amides is 1. The number of halogens is 1. The second kappa shape index (κ2) is 9.86. The zero-order chi connectivity index (χ0) is 21.7. The maximum atomic E-state index is 12.9. The van der Waals surface area contributed by atoms with Crippen molar-refractivity contribution >= 4 is 45.9 Å². The van der Waals surface area contributed by atoms with Gasteiger partial charge in [-0.05, 0) is 36.8 Å². The van der Waals surface area contributed by atoms with Crippen LogP contribution in [0, 0.1) is 0 Å². The predicted molar refractivity (Wildman–Crippen MR) is 120 cm³/mol. The molecule has 0 radical (unpaired) electrons.